The second-order valence-corrected chi connectivity index (χ2v) is 6.47. The van der Waals surface area contributed by atoms with Crippen LogP contribution >= 0.6 is 0 Å². The zero-order valence-electron chi connectivity index (χ0n) is 13.0. The maximum Gasteiger partial charge on any atom is 0.252 e. The Morgan fingerprint density at radius 1 is 1.32 bits per heavy atom. The van der Waals surface area contributed by atoms with Crippen LogP contribution in [0.3, 0.4) is 0 Å². The number of aryl methyl sites for hydroxylation is 1. The predicted molar refractivity (Wildman–Crippen MR) is 83.3 cm³/mol. The molecule has 1 N–H and O–H groups in total. The fourth-order valence-electron chi connectivity index (χ4n) is 2.96. The van der Waals surface area contributed by atoms with Crippen LogP contribution in [-0.4, -0.2) is 41.3 Å². The lowest BCUT2D eigenvalue weighted by Crippen LogP contribution is -2.44. The van der Waals surface area contributed by atoms with E-state index >= 15 is 0 Å². The van der Waals surface area contributed by atoms with Gasteiger partial charge in [0.25, 0.3) is 5.91 Å². The Kier molecular flexibility index (Phi) is 4.41. The number of rotatable bonds is 4. The van der Waals surface area contributed by atoms with E-state index in [2.05, 4.69) is 10.3 Å². The van der Waals surface area contributed by atoms with E-state index < -0.39 is 0 Å². The van der Waals surface area contributed by atoms with Crippen molar-refractivity contribution in [1.82, 2.24) is 15.2 Å². The molecule has 1 aliphatic carbocycles. The Morgan fingerprint density at radius 2 is 2.14 bits per heavy atom. The maximum atomic E-state index is 12.1. The van der Waals surface area contributed by atoms with Crippen LogP contribution in [0.2, 0.25) is 0 Å². The Morgan fingerprint density at radius 3 is 2.82 bits per heavy atom. The Bertz CT molecular complexity index is 552. The molecule has 1 aliphatic heterocycles. The number of likely N-dealkylation sites (tertiary alicyclic amines) is 1. The summed E-state index contributed by atoms with van der Waals surface area (Å²) in [6.07, 6.45) is 5.81. The molecule has 5 heteroatoms. The van der Waals surface area contributed by atoms with Crippen molar-refractivity contribution in [3.8, 4) is 0 Å². The molecule has 1 unspecified atom stereocenters. The van der Waals surface area contributed by atoms with Crippen molar-refractivity contribution in [2.75, 3.05) is 19.6 Å². The van der Waals surface area contributed by atoms with Gasteiger partial charge in [0.15, 0.2) is 0 Å². The van der Waals surface area contributed by atoms with Crippen molar-refractivity contribution in [2.45, 2.75) is 32.6 Å². The van der Waals surface area contributed by atoms with Crippen LogP contribution in [0.5, 0.6) is 0 Å². The summed E-state index contributed by atoms with van der Waals surface area (Å²) in [6.45, 7) is 4.18. The molecule has 1 saturated heterocycles. The first kappa shape index (κ1) is 15.0. The van der Waals surface area contributed by atoms with Gasteiger partial charge in [-0.15, -0.1) is 0 Å². The molecule has 2 amide bonds. The molecular formula is C17H23N3O2. The SMILES string of the molecule is Cc1ccc(C(=O)NCC2CCCN(C(=O)C3CC3)C2)cn1. The second-order valence-electron chi connectivity index (χ2n) is 6.47. The number of amides is 2. The van der Waals surface area contributed by atoms with Crippen LogP contribution in [0.1, 0.15) is 41.7 Å². The van der Waals surface area contributed by atoms with Gasteiger partial charge in [0.2, 0.25) is 5.91 Å². The number of carbonyl (C=O) groups excluding carboxylic acids is 2. The highest BCUT2D eigenvalue weighted by atomic mass is 16.2. The zero-order chi connectivity index (χ0) is 15.5. The van der Waals surface area contributed by atoms with Gasteiger partial charge in [-0.3, -0.25) is 14.6 Å². The highest BCUT2D eigenvalue weighted by Gasteiger charge is 2.35. The first-order valence-electron chi connectivity index (χ1n) is 8.13. The predicted octanol–water partition coefficient (Wildman–Crippen LogP) is 1.77. The molecule has 1 aromatic rings. The fraction of sp³-hybridized carbons (Fsp3) is 0.588. The lowest BCUT2D eigenvalue weighted by Gasteiger charge is -2.33. The van der Waals surface area contributed by atoms with E-state index in [1.807, 2.05) is 17.9 Å². The number of nitrogens with zero attached hydrogens (tertiary/aromatic N) is 2. The van der Waals surface area contributed by atoms with Crippen molar-refractivity contribution in [2.24, 2.45) is 11.8 Å². The molecule has 0 spiro atoms. The van der Waals surface area contributed by atoms with Crippen molar-refractivity contribution in [1.29, 1.82) is 0 Å². The number of aromatic nitrogens is 1. The third-order valence-electron chi connectivity index (χ3n) is 4.48. The summed E-state index contributed by atoms with van der Waals surface area (Å²) in [5, 5.41) is 2.98. The maximum absolute atomic E-state index is 12.1. The van der Waals surface area contributed by atoms with E-state index in [-0.39, 0.29) is 11.8 Å². The Labute approximate surface area is 131 Å². The smallest absolute Gasteiger partial charge is 0.252 e. The molecule has 0 bridgehead atoms. The highest BCUT2D eigenvalue weighted by Crippen LogP contribution is 2.32. The quantitative estimate of drug-likeness (QED) is 0.922. The van der Waals surface area contributed by atoms with Crippen molar-refractivity contribution >= 4 is 11.8 Å². The number of pyridine rings is 1. The minimum absolute atomic E-state index is 0.0851. The molecular weight excluding hydrogens is 278 g/mol. The molecule has 2 aliphatic rings. The summed E-state index contributed by atoms with van der Waals surface area (Å²) >= 11 is 0. The topological polar surface area (TPSA) is 62.3 Å². The number of hydrogen-bond acceptors (Lipinski definition) is 3. The van der Waals surface area contributed by atoms with E-state index in [1.165, 1.54) is 0 Å². The molecule has 0 aromatic carbocycles. The second kappa shape index (κ2) is 6.46. The number of nitrogens with one attached hydrogen (secondary N) is 1. The summed E-state index contributed by atoms with van der Waals surface area (Å²) in [7, 11) is 0. The van der Waals surface area contributed by atoms with Crippen LogP contribution in [0.4, 0.5) is 0 Å². The van der Waals surface area contributed by atoms with Gasteiger partial charge in [-0.05, 0) is 50.7 Å². The summed E-state index contributed by atoms with van der Waals surface area (Å²) in [6, 6.07) is 3.63. The molecule has 1 atom stereocenters. The normalized spacial score (nSPS) is 21.5. The molecule has 0 radical (unpaired) electrons. The van der Waals surface area contributed by atoms with E-state index in [0.717, 1.165) is 44.5 Å². The average Bonchev–Trinajstić information content (AvgIpc) is 3.38. The molecule has 22 heavy (non-hydrogen) atoms. The minimum Gasteiger partial charge on any atom is -0.352 e. The van der Waals surface area contributed by atoms with Crippen LogP contribution in [0.25, 0.3) is 0 Å². The minimum atomic E-state index is -0.0851. The van der Waals surface area contributed by atoms with E-state index in [0.29, 0.717) is 23.9 Å². The Balaban J connectivity index is 1.49. The third kappa shape index (κ3) is 3.64. The molecule has 2 heterocycles. The number of piperidine rings is 1. The highest BCUT2D eigenvalue weighted by molar-refractivity contribution is 5.93. The van der Waals surface area contributed by atoms with Crippen LogP contribution in [0.15, 0.2) is 18.3 Å². The number of carbonyl (C=O) groups is 2. The van der Waals surface area contributed by atoms with Gasteiger partial charge in [0.05, 0.1) is 5.56 Å². The van der Waals surface area contributed by atoms with Gasteiger partial charge < -0.3 is 10.2 Å². The number of hydrogen-bond donors (Lipinski definition) is 1. The van der Waals surface area contributed by atoms with Crippen molar-refractivity contribution in [3.63, 3.8) is 0 Å². The van der Waals surface area contributed by atoms with Gasteiger partial charge >= 0.3 is 0 Å². The molecule has 5 nitrogen and oxygen atoms in total. The van der Waals surface area contributed by atoms with Crippen molar-refractivity contribution < 1.29 is 9.59 Å². The molecule has 2 fully saturated rings. The molecule has 3 rings (SSSR count). The van der Waals surface area contributed by atoms with Gasteiger partial charge in [-0.25, -0.2) is 0 Å². The summed E-state index contributed by atoms with van der Waals surface area (Å²) in [5.74, 6) is 0.877. The van der Waals surface area contributed by atoms with Gasteiger partial charge in [0.1, 0.15) is 0 Å². The Hall–Kier alpha value is -1.91. The van der Waals surface area contributed by atoms with Crippen LogP contribution in [-0.2, 0) is 4.79 Å². The van der Waals surface area contributed by atoms with E-state index in [1.54, 1.807) is 12.3 Å². The lowest BCUT2D eigenvalue weighted by molar-refractivity contribution is -0.134. The third-order valence-corrected chi connectivity index (χ3v) is 4.48. The molecule has 1 aromatic heterocycles. The largest absolute Gasteiger partial charge is 0.352 e. The summed E-state index contributed by atoms with van der Waals surface area (Å²) < 4.78 is 0. The average molecular weight is 301 g/mol. The molecule has 118 valence electrons. The van der Waals surface area contributed by atoms with Gasteiger partial charge in [-0.2, -0.15) is 0 Å². The van der Waals surface area contributed by atoms with E-state index in [4.69, 9.17) is 0 Å². The van der Waals surface area contributed by atoms with E-state index in [9.17, 15) is 9.59 Å². The summed E-state index contributed by atoms with van der Waals surface area (Å²) in [5.41, 5.74) is 1.49. The van der Waals surface area contributed by atoms with Crippen molar-refractivity contribution in [3.05, 3.63) is 29.6 Å². The van der Waals surface area contributed by atoms with Gasteiger partial charge in [0, 0.05) is 37.4 Å². The van der Waals surface area contributed by atoms with Gasteiger partial charge in [-0.1, -0.05) is 0 Å². The standard InChI is InChI=1S/C17H23N3O2/c1-12-4-5-15(10-18-12)16(21)19-9-13-3-2-8-20(11-13)17(22)14-6-7-14/h4-5,10,13-14H,2-3,6-9,11H2,1H3,(H,19,21). The first-order chi connectivity index (χ1) is 10.6. The monoisotopic (exact) mass is 301 g/mol. The first-order valence-corrected chi connectivity index (χ1v) is 8.13. The van der Waals surface area contributed by atoms with Crippen LogP contribution in [0, 0.1) is 18.8 Å². The molecule has 1 saturated carbocycles. The summed E-state index contributed by atoms with van der Waals surface area (Å²) in [4.78, 5) is 30.4. The zero-order valence-corrected chi connectivity index (χ0v) is 13.0. The van der Waals surface area contributed by atoms with Crippen LogP contribution < -0.4 is 5.32 Å². The fourth-order valence-corrected chi connectivity index (χ4v) is 2.96. The lowest BCUT2D eigenvalue weighted by atomic mass is 9.97.